The molecule has 7 rings (SSSR count). The second-order valence-electron chi connectivity index (χ2n) is 11.1. The molecule has 0 atom stereocenters. The maximum atomic E-state index is 5.50. The second kappa shape index (κ2) is 11.4. The molecule has 0 saturated carbocycles. The highest BCUT2D eigenvalue weighted by Crippen LogP contribution is 2.33. The van der Waals surface area contributed by atoms with Crippen LogP contribution in [0.5, 0.6) is 5.75 Å². The summed E-state index contributed by atoms with van der Waals surface area (Å²) >= 11 is 0. The number of methoxy groups -OCH3 is 1. The van der Waals surface area contributed by atoms with Crippen LogP contribution in [-0.4, -0.2) is 57.6 Å². The summed E-state index contributed by atoms with van der Waals surface area (Å²) in [5.41, 5.74) is 9.69. The SMILES string of the molecule is CCCc1cnc(N2CCN(c3ccc(-c4ccn5c(-c6cc(C)nc7ccc(OC)cc67)cnc5c4)cc3)CC2)nc1. The molecule has 0 spiro atoms. The van der Waals surface area contributed by atoms with Gasteiger partial charge in [-0.15, -0.1) is 0 Å². The van der Waals surface area contributed by atoms with E-state index in [1.807, 2.05) is 43.7 Å². The van der Waals surface area contributed by atoms with Crippen LogP contribution in [0, 0.1) is 6.92 Å². The fourth-order valence-corrected chi connectivity index (χ4v) is 5.99. The Morgan fingerprint density at radius 2 is 1.56 bits per heavy atom. The van der Waals surface area contributed by atoms with Crippen LogP contribution in [0.4, 0.5) is 11.6 Å². The van der Waals surface area contributed by atoms with Crippen molar-refractivity contribution in [3.05, 3.63) is 96.7 Å². The molecule has 0 unspecified atom stereocenters. The highest BCUT2D eigenvalue weighted by Gasteiger charge is 2.19. The zero-order chi connectivity index (χ0) is 29.3. The van der Waals surface area contributed by atoms with Crippen molar-refractivity contribution < 1.29 is 4.74 Å². The first-order chi connectivity index (χ1) is 21.1. The van der Waals surface area contributed by atoms with Crippen molar-refractivity contribution in [2.75, 3.05) is 43.1 Å². The molecule has 8 nitrogen and oxygen atoms in total. The molecular formula is C35H35N7O. The van der Waals surface area contributed by atoms with Gasteiger partial charge in [0.1, 0.15) is 11.4 Å². The molecule has 4 aromatic heterocycles. The molecule has 5 heterocycles. The topological polar surface area (TPSA) is 71.7 Å². The lowest BCUT2D eigenvalue weighted by Gasteiger charge is -2.36. The quantitative estimate of drug-likeness (QED) is 0.214. The Morgan fingerprint density at radius 1 is 0.791 bits per heavy atom. The number of nitrogens with zero attached hydrogens (tertiary/aromatic N) is 7. The number of aryl methyl sites for hydroxylation is 2. The number of rotatable bonds is 7. The fraction of sp³-hybridized carbons (Fsp3) is 0.257. The fourth-order valence-electron chi connectivity index (χ4n) is 5.99. The number of anilines is 2. The van der Waals surface area contributed by atoms with E-state index in [-0.39, 0.29) is 0 Å². The van der Waals surface area contributed by atoms with Gasteiger partial charge in [0.2, 0.25) is 5.95 Å². The van der Waals surface area contributed by atoms with Gasteiger partial charge in [0.05, 0.1) is 24.5 Å². The highest BCUT2D eigenvalue weighted by atomic mass is 16.5. The predicted octanol–water partition coefficient (Wildman–Crippen LogP) is 6.60. The van der Waals surface area contributed by atoms with Crippen LogP contribution in [0.25, 0.3) is 38.9 Å². The summed E-state index contributed by atoms with van der Waals surface area (Å²) in [6, 6.07) is 21.3. The molecule has 0 amide bonds. The summed E-state index contributed by atoms with van der Waals surface area (Å²) in [5, 5.41) is 1.05. The zero-order valence-corrected chi connectivity index (χ0v) is 24.9. The minimum absolute atomic E-state index is 0.812. The Bertz CT molecular complexity index is 1890. The molecular weight excluding hydrogens is 534 g/mol. The summed E-state index contributed by atoms with van der Waals surface area (Å²) in [7, 11) is 1.69. The van der Waals surface area contributed by atoms with E-state index in [2.05, 4.69) is 79.8 Å². The summed E-state index contributed by atoms with van der Waals surface area (Å²) in [6.45, 7) is 7.91. The van der Waals surface area contributed by atoms with Crippen LogP contribution in [0.1, 0.15) is 24.6 Å². The van der Waals surface area contributed by atoms with E-state index in [1.165, 1.54) is 16.8 Å². The van der Waals surface area contributed by atoms with Gasteiger partial charge in [-0.2, -0.15) is 0 Å². The number of hydrogen-bond donors (Lipinski definition) is 0. The number of hydrogen-bond acceptors (Lipinski definition) is 7. The minimum atomic E-state index is 0.812. The molecule has 1 aliphatic rings. The summed E-state index contributed by atoms with van der Waals surface area (Å²) in [4.78, 5) is 23.4. The van der Waals surface area contributed by atoms with Gasteiger partial charge in [0.15, 0.2) is 0 Å². The van der Waals surface area contributed by atoms with Crippen molar-refractivity contribution in [3.63, 3.8) is 0 Å². The van der Waals surface area contributed by atoms with Gasteiger partial charge in [-0.1, -0.05) is 25.5 Å². The lowest BCUT2D eigenvalue weighted by Crippen LogP contribution is -2.47. The first-order valence-corrected chi connectivity index (χ1v) is 14.9. The molecule has 0 bridgehead atoms. The standard InChI is InChI=1S/C35H35N7O/c1-4-5-25-21-37-35(38-22-25)41-16-14-40(15-17-41)28-8-6-26(7-9-28)27-12-13-42-33(23-36-34(42)19-27)31-18-24(2)39-32-11-10-29(43-3)20-30(31)32/h6-13,18-23H,4-5,14-17H2,1-3H3. The van der Waals surface area contributed by atoms with Crippen LogP contribution in [0.2, 0.25) is 0 Å². The Kier molecular flexibility index (Phi) is 7.10. The Hall–Kier alpha value is -4.98. The Labute approximate surface area is 251 Å². The van der Waals surface area contributed by atoms with Crippen molar-refractivity contribution in [2.45, 2.75) is 26.7 Å². The molecule has 0 N–H and O–H groups in total. The summed E-state index contributed by atoms with van der Waals surface area (Å²) in [6.07, 6.45) is 10.1. The molecule has 6 aromatic rings. The largest absolute Gasteiger partial charge is 0.497 e. The van der Waals surface area contributed by atoms with E-state index >= 15 is 0 Å². The van der Waals surface area contributed by atoms with E-state index in [0.29, 0.717) is 0 Å². The summed E-state index contributed by atoms with van der Waals surface area (Å²) < 4.78 is 7.64. The number of aromatic nitrogens is 5. The molecule has 0 radical (unpaired) electrons. The molecule has 2 aromatic carbocycles. The Morgan fingerprint density at radius 3 is 2.30 bits per heavy atom. The van der Waals surface area contributed by atoms with Gasteiger partial charge in [0, 0.05) is 67.1 Å². The lowest BCUT2D eigenvalue weighted by molar-refractivity contribution is 0.415. The number of piperazine rings is 1. The maximum absolute atomic E-state index is 5.50. The van der Waals surface area contributed by atoms with E-state index in [4.69, 9.17) is 14.7 Å². The van der Waals surface area contributed by atoms with Gasteiger partial charge in [-0.3, -0.25) is 9.38 Å². The van der Waals surface area contributed by atoms with Crippen LogP contribution in [0.3, 0.4) is 0 Å². The molecule has 1 fully saturated rings. The molecule has 216 valence electrons. The molecule has 8 heteroatoms. The van der Waals surface area contributed by atoms with E-state index in [9.17, 15) is 0 Å². The third kappa shape index (κ3) is 5.25. The molecule has 1 aliphatic heterocycles. The van der Waals surface area contributed by atoms with Gasteiger partial charge in [0.25, 0.3) is 0 Å². The van der Waals surface area contributed by atoms with E-state index in [1.54, 1.807) is 7.11 Å². The van der Waals surface area contributed by atoms with Gasteiger partial charge in [-0.05, 0) is 78.6 Å². The first-order valence-electron chi connectivity index (χ1n) is 14.9. The number of ether oxygens (including phenoxy) is 1. The smallest absolute Gasteiger partial charge is 0.225 e. The highest BCUT2D eigenvalue weighted by molar-refractivity contribution is 5.95. The average Bonchev–Trinajstić information content (AvgIpc) is 3.48. The maximum Gasteiger partial charge on any atom is 0.225 e. The first kappa shape index (κ1) is 26.9. The average molecular weight is 570 g/mol. The van der Waals surface area contributed by atoms with Crippen molar-refractivity contribution in [1.82, 2.24) is 24.3 Å². The van der Waals surface area contributed by atoms with E-state index < -0.39 is 0 Å². The number of imidazole rings is 1. The lowest BCUT2D eigenvalue weighted by atomic mass is 10.0. The number of fused-ring (bicyclic) bond motifs is 2. The van der Waals surface area contributed by atoms with Crippen molar-refractivity contribution in [3.8, 4) is 28.1 Å². The zero-order valence-electron chi connectivity index (χ0n) is 24.9. The Balaban J connectivity index is 1.08. The minimum Gasteiger partial charge on any atom is -0.497 e. The monoisotopic (exact) mass is 569 g/mol. The van der Waals surface area contributed by atoms with Crippen LogP contribution in [-0.2, 0) is 6.42 Å². The second-order valence-corrected chi connectivity index (χ2v) is 11.1. The van der Waals surface area contributed by atoms with Gasteiger partial charge >= 0.3 is 0 Å². The van der Waals surface area contributed by atoms with Crippen LogP contribution < -0.4 is 14.5 Å². The number of pyridine rings is 2. The predicted molar refractivity (Wildman–Crippen MR) is 173 cm³/mol. The molecule has 43 heavy (non-hydrogen) atoms. The third-order valence-electron chi connectivity index (χ3n) is 8.29. The third-order valence-corrected chi connectivity index (χ3v) is 8.29. The van der Waals surface area contributed by atoms with Gasteiger partial charge in [-0.25, -0.2) is 15.0 Å². The summed E-state index contributed by atoms with van der Waals surface area (Å²) in [5.74, 6) is 1.64. The van der Waals surface area contributed by atoms with Crippen molar-refractivity contribution >= 4 is 28.2 Å². The normalized spacial score (nSPS) is 13.7. The van der Waals surface area contributed by atoms with Crippen molar-refractivity contribution in [2.24, 2.45) is 0 Å². The van der Waals surface area contributed by atoms with Crippen LogP contribution in [0.15, 0.2) is 85.5 Å². The van der Waals surface area contributed by atoms with Crippen LogP contribution >= 0.6 is 0 Å². The van der Waals surface area contributed by atoms with Crippen molar-refractivity contribution in [1.29, 1.82) is 0 Å². The van der Waals surface area contributed by atoms with E-state index in [0.717, 1.165) is 89.8 Å². The molecule has 0 aliphatic carbocycles. The van der Waals surface area contributed by atoms with Gasteiger partial charge < -0.3 is 14.5 Å². The molecule has 1 saturated heterocycles. The number of benzene rings is 2.